The number of nitrogens with zero attached hydrogens (tertiary/aromatic N) is 3. The van der Waals surface area contributed by atoms with Crippen molar-refractivity contribution < 1.29 is 9.53 Å². The Balaban J connectivity index is 1.94. The van der Waals surface area contributed by atoms with Crippen LogP contribution in [0.3, 0.4) is 0 Å². The van der Waals surface area contributed by atoms with Crippen molar-refractivity contribution in [3.63, 3.8) is 0 Å². The number of H-pyrrole nitrogens is 1. The molecule has 1 aromatic carbocycles. The molecule has 0 saturated carbocycles. The van der Waals surface area contributed by atoms with E-state index in [0.29, 0.717) is 11.3 Å². The average Bonchev–Trinajstić information content (AvgIpc) is 2.92. The fourth-order valence-electron chi connectivity index (χ4n) is 1.35. The van der Waals surface area contributed by atoms with Crippen molar-refractivity contribution in [1.82, 2.24) is 15.2 Å². The van der Waals surface area contributed by atoms with E-state index < -0.39 is 6.10 Å². The Morgan fingerprint density at radius 2 is 2.21 bits per heavy atom. The molecule has 0 bridgehead atoms. The molecule has 0 aliphatic carbocycles. The Bertz CT molecular complexity index is 586. The van der Waals surface area contributed by atoms with Crippen LogP contribution in [0, 0.1) is 11.3 Å². The maximum Gasteiger partial charge on any atom is 0.267 e. The van der Waals surface area contributed by atoms with Crippen LogP contribution in [0.25, 0.3) is 0 Å². The van der Waals surface area contributed by atoms with Crippen molar-refractivity contribution in [2.24, 2.45) is 0 Å². The van der Waals surface area contributed by atoms with Crippen LogP contribution in [0.1, 0.15) is 12.5 Å². The molecule has 19 heavy (non-hydrogen) atoms. The van der Waals surface area contributed by atoms with Crippen LogP contribution in [-0.4, -0.2) is 27.2 Å². The van der Waals surface area contributed by atoms with Crippen molar-refractivity contribution in [1.29, 1.82) is 5.26 Å². The second-order valence-electron chi connectivity index (χ2n) is 3.72. The number of anilines is 1. The number of hydrogen-bond acceptors (Lipinski definition) is 5. The van der Waals surface area contributed by atoms with Gasteiger partial charge in [0.25, 0.3) is 5.91 Å². The lowest BCUT2D eigenvalue weighted by atomic mass is 10.2. The summed E-state index contributed by atoms with van der Waals surface area (Å²) in [4.78, 5) is 15.5. The maximum absolute atomic E-state index is 11.8. The predicted octanol–water partition coefficient (Wildman–Crippen LogP) is 1.08. The number of rotatable bonds is 4. The number of nitrogens with one attached hydrogen (secondary N) is 2. The molecule has 1 atom stereocenters. The van der Waals surface area contributed by atoms with Gasteiger partial charge in [-0.15, -0.1) is 0 Å². The molecule has 0 aliphatic rings. The number of aromatic amines is 1. The molecule has 0 spiro atoms. The van der Waals surface area contributed by atoms with Crippen LogP contribution in [-0.2, 0) is 4.79 Å². The number of nitriles is 1. The second-order valence-corrected chi connectivity index (χ2v) is 3.72. The predicted molar refractivity (Wildman–Crippen MR) is 66.3 cm³/mol. The molecular formula is C12H11N5O2. The summed E-state index contributed by atoms with van der Waals surface area (Å²) in [6, 6.07) is 8.52. The number of carbonyl (C=O) groups excluding carboxylic acids is 1. The summed E-state index contributed by atoms with van der Waals surface area (Å²) in [6.45, 7) is 1.61. The van der Waals surface area contributed by atoms with Gasteiger partial charge >= 0.3 is 0 Å². The molecule has 0 saturated heterocycles. The summed E-state index contributed by atoms with van der Waals surface area (Å²) < 4.78 is 5.44. The Morgan fingerprint density at radius 3 is 2.79 bits per heavy atom. The third-order valence-electron chi connectivity index (χ3n) is 2.32. The van der Waals surface area contributed by atoms with Gasteiger partial charge in [-0.2, -0.15) is 15.3 Å². The molecule has 1 amide bonds. The van der Waals surface area contributed by atoms with Crippen molar-refractivity contribution in [2.45, 2.75) is 13.0 Å². The van der Waals surface area contributed by atoms with Gasteiger partial charge in [-0.1, -0.05) is 0 Å². The SMILES string of the molecule is C[C@H](Oc1ccc(C#N)cc1)C(=O)Nc1ncn[nH]1. The van der Waals surface area contributed by atoms with E-state index in [0.717, 1.165) is 0 Å². The van der Waals surface area contributed by atoms with Gasteiger partial charge in [0.05, 0.1) is 11.6 Å². The van der Waals surface area contributed by atoms with E-state index in [1.54, 1.807) is 31.2 Å². The van der Waals surface area contributed by atoms with Crippen LogP contribution >= 0.6 is 0 Å². The minimum absolute atomic E-state index is 0.264. The molecule has 0 radical (unpaired) electrons. The number of aromatic nitrogens is 3. The molecule has 0 aliphatic heterocycles. The summed E-state index contributed by atoms with van der Waals surface area (Å²) >= 11 is 0. The maximum atomic E-state index is 11.8. The highest BCUT2D eigenvalue weighted by molar-refractivity contribution is 5.92. The molecule has 2 N–H and O–H groups in total. The lowest BCUT2D eigenvalue weighted by Crippen LogP contribution is -2.30. The van der Waals surface area contributed by atoms with E-state index in [1.807, 2.05) is 6.07 Å². The number of amides is 1. The highest BCUT2D eigenvalue weighted by atomic mass is 16.5. The summed E-state index contributed by atoms with van der Waals surface area (Å²) in [5.74, 6) is 0.431. The first-order valence-electron chi connectivity index (χ1n) is 5.52. The fraction of sp³-hybridized carbons (Fsp3) is 0.167. The molecule has 1 heterocycles. The molecule has 0 fully saturated rings. The van der Waals surface area contributed by atoms with Crippen LogP contribution in [0.2, 0.25) is 0 Å². The summed E-state index contributed by atoms with van der Waals surface area (Å²) in [6.07, 6.45) is 0.597. The highest BCUT2D eigenvalue weighted by Gasteiger charge is 2.15. The third kappa shape index (κ3) is 3.29. The van der Waals surface area contributed by atoms with Gasteiger partial charge in [0.15, 0.2) is 6.10 Å². The quantitative estimate of drug-likeness (QED) is 0.853. The largest absolute Gasteiger partial charge is 0.481 e. The fourth-order valence-corrected chi connectivity index (χ4v) is 1.35. The van der Waals surface area contributed by atoms with E-state index in [2.05, 4.69) is 20.5 Å². The van der Waals surface area contributed by atoms with Gasteiger partial charge in [0.1, 0.15) is 12.1 Å². The molecule has 2 rings (SSSR count). The van der Waals surface area contributed by atoms with Crippen molar-refractivity contribution >= 4 is 11.9 Å². The van der Waals surface area contributed by atoms with Crippen LogP contribution in [0.4, 0.5) is 5.95 Å². The highest BCUT2D eigenvalue weighted by Crippen LogP contribution is 2.13. The zero-order chi connectivity index (χ0) is 13.7. The molecule has 7 heteroatoms. The van der Waals surface area contributed by atoms with Crippen molar-refractivity contribution in [3.05, 3.63) is 36.2 Å². The normalized spacial score (nSPS) is 11.4. The van der Waals surface area contributed by atoms with Crippen molar-refractivity contribution in [2.75, 3.05) is 5.32 Å². The zero-order valence-electron chi connectivity index (χ0n) is 10.1. The van der Waals surface area contributed by atoms with E-state index in [9.17, 15) is 4.79 Å². The van der Waals surface area contributed by atoms with Gasteiger partial charge in [-0.25, -0.2) is 5.10 Å². The van der Waals surface area contributed by atoms with Crippen LogP contribution in [0.5, 0.6) is 5.75 Å². The Kier molecular flexibility index (Phi) is 3.73. The molecular weight excluding hydrogens is 246 g/mol. The standard InChI is InChI=1S/C12H11N5O2/c1-8(11(18)16-12-14-7-15-17-12)19-10-4-2-9(6-13)3-5-10/h2-5,7-8H,1H3,(H2,14,15,16,17,18)/t8-/m0/s1. The number of carbonyl (C=O) groups is 1. The third-order valence-corrected chi connectivity index (χ3v) is 2.32. The Hall–Kier alpha value is -2.88. The minimum Gasteiger partial charge on any atom is -0.481 e. The van der Waals surface area contributed by atoms with Crippen molar-refractivity contribution in [3.8, 4) is 11.8 Å². The van der Waals surface area contributed by atoms with Crippen LogP contribution in [0.15, 0.2) is 30.6 Å². The Labute approximate surface area is 109 Å². The molecule has 0 unspecified atom stereocenters. The smallest absolute Gasteiger partial charge is 0.267 e. The lowest BCUT2D eigenvalue weighted by molar-refractivity contribution is -0.122. The van der Waals surface area contributed by atoms with E-state index in [4.69, 9.17) is 10.00 Å². The molecule has 1 aromatic heterocycles. The van der Waals surface area contributed by atoms with Crippen LogP contribution < -0.4 is 10.1 Å². The van der Waals surface area contributed by atoms with Gasteiger partial charge < -0.3 is 4.74 Å². The number of ether oxygens (including phenoxy) is 1. The topological polar surface area (TPSA) is 104 Å². The second kappa shape index (κ2) is 5.64. The van der Waals surface area contributed by atoms with Gasteiger partial charge in [-0.05, 0) is 31.2 Å². The average molecular weight is 257 g/mol. The molecule has 96 valence electrons. The Morgan fingerprint density at radius 1 is 1.47 bits per heavy atom. The summed E-state index contributed by atoms with van der Waals surface area (Å²) in [5.41, 5.74) is 0.533. The molecule has 7 nitrogen and oxygen atoms in total. The first-order chi connectivity index (χ1) is 9.19. The first-order valence-corrected chi connectivity index (χ1v) is 5.52. The lowest BCUT2D eigenvalue weighted by Gasteiger charge is -2.13. The van der Waals surface area contributed by atoms with Gasteiger partial charge in [0.2, 0.25) is 5.95 Å². The van der Waals surface area contributed by atoms with Gasteiger partial charge in [-0.3, -0.25) is 10.1 Å². The summed E-state index contributed by atoms with van der Waals surface area (Å²) in [7, 11) is 0. The first kappa shape index (κ1) is 12.6. The number of benzene rings is 1. The zero-order valence-corrected chi connectivity index (χ0v) is 10.1. The van der Waals surface area contributed by atoms with E-state index >= 15 is 0 Å². The molecule has 2 aromatic rings. The van der Waals surface area contributed by atoms with E-state index in [1.165, 1.54) is 6.33 Å². The summed E-state index contributed by atoms with van der Waals surface area (Å²) in [5, 5.41) is 17.3. The van der Waals surface area contributed by atoms with Gasteiger partial charge in [0, 0.05) is 0 Å². The monoisotopic (exact) mass is 257 g/mol. The minimum atomic E-state index is -0.696. The number of hydrogen-bond donors (Lipinski definition) is 2. The van der Waals surface area contributed by atoms with E-state index in [-0.39, 0.29) is 11.9 Å².